The number of carbonyl (C=O) groups is 1. The van der Waals surface area contributed by atoms with Crippen LogP contribution in [-0.4, -0.2) is 30.8 Å². The molecule has 1 heterocycles. The highest BCUT2D eigenvalue weighted by molar-refractivity contribution is 6.14. The van der Waals surface area contributed by atoms with E-state index in [1.54, 1.807) is 11.9 Å². The van der Waals surface area contributed by atoms with Gasteiger partial charge in [-0.3, -0.25) is 9.69 Å². The average Bonchev–Trinajstić information content (AvgIpc) is 2.60. The van der Waals surface area contributed by atoms with Gasteiger partial charge in [-0.25, -0.2) is 17.6 Å². The Hall–Kier alpha value is -2.73. The van der Waals surface area contributed by atoms with Crippen molar-refractivity contribution in [3.8, 4) is 0 Å². The number of likely N-dealkylation sites (N-methyl/N-ethyl adjacent to an activating group) is 1. The molecule has 1 saturated heterocycles. The fourth-order valence-electron chi connectivity index (χ4n) is 2.85. The molecule has 2 aromatic rings. The fraction of sp³-hybridized carbons (Fsp3) is 0.150. The largest absolute Gasteiger partial charge is 0.298 e. The number of ketones is 1. The SMILES string of the molecule is CN1C/C(=C\c2cccc(F)c2F)C(=O)/C(=C/c2cccc(F)c2F)C1. The molecule has 0 saturated carbocycles. The zero-order valence-corrected chi connectivity index (χ0v) is 13.9. The standard InChI is InChI=1S/C20H15F4NO/c1-25-10-14(8-12-4-2-6-16(21)18(12)23)20(26)15(11-25)9-13-5-3-7-17(22)19(13)24/h2-9H,10-11H2,1H3/b14-8+,15-9+. The van der Waals surface area contributed by atoms with Crippen LogP contribution in [0.25, 0.3) is 12.2 Å². The number of benzene rings is 2. The number of piperidine rings is 1. The molecule has 134 valence electrons. The van der Waals surface area contributed by atoms with E-state index in [2.05, 4.69) is 0 Å². The van der Waals surface area contributed by atoms with Crippen molar-refractivity contribution >= 4 is 17.9 Å². The smallest absolute Gasteiger partial charge is 0.187 e. The van der Waals surface area contributed by atoms with Gasteiger partial charge in [0.2, 0.25) is 0 Å². The number of nitrogens with zero attached hydrogens (tertiary/aromatic N) is 1. The van der Waals surface area contributed by atoms with Gasteiger partial charge in [-0.2, -0.15) is 0 Å². The molecule has 26 heavy (non-hydrogen) atoms. The van der Waals surface area contributed by atoms with E-state index < -0.39 is 29.1 Å². The highest BCUT2D eigenvalue weighted by atomic mass is 19.2. The number of hydrogen-bond acceptors (Lipinski definition) is 2. The van der Waals surface area contributed by atoms with E-state index in [1.807, 2.05) is 0 Å². The molecule has 0 atom stereocenters. The van der Waals surface area contributed by atoms with E-state index in [-0.39, 0.29) is 35.4 Å². The number of likely N-dealkylation sites (tertiary alicyclic amines) is 1. The van der Waals surface area contributed by atoms with Crippen molar-refractivity contribution in [2.75, 3.05) is 20.1 Å². The van der Waals surface area contributed by atoms with E-state index in [0.717, 1.165) is 12.1 Å². The minimum atomic E-state index is -1.04. The molecule has 0 aromatic heterocycles. The van der Waals surface area contributed by atoms with Gasteiger partial charge in [0, 0.05) is 35.4 Å². The van der Waals surface area contributed by atoms with Crippen molar-refractivity contribution in [1.82, 2.24) is 4.90 Å². The van der Waals surface area contributed by atoms with Gasteiger partial charge in [-0.1, -0.05) is 24.3 Å². The van der Waals surface area contributed by atoms with Crippen molar-refractivity contribution in [1.29, 1.82) is 0 Å². The van der Waals surface area contributed by atoms with Crippen molar-refractivity contribution in [3.05, 3.63) is 81.9 Å². The number of hydrogen-bond donors (Lipinski definition) is 0. The minimum absolute atomic E-state index is 0.0417. The number of rotatable bonds is 2. The molecule has 1 fully saturated rings. The Morgan fingerprint density at radius 3 is 1.65 bits per heavy atom. The molecule has 3 rings (SSSR count). The molecule has 0 unspecified atom stereocenters. The zero-order chi connectivity index (χ0) is 18.8. The van der Waals surface area contributed by atoms with E-state index in [0.29, 0.717) is 0 Å². The molecule has 0 amide bonds. The molecule has 0 radical (unpaired) electrons. The lowest BCUT2D eigenvalue weighted by Crippen LogP contribution is -2.34. The topological polar surface area (TPSA) is 20.3 Å². The first kappa shape index (κ1) is 18.1. The summed E-state index contributed by atoms with van der Waals surface area (Å²) >= 11 is 0. The van der Waals surface area contributed by atoms with Gasteiger partial charge in [0.1, 0.15) is 0 Å². The maximum Gasteiger partial charge on any atom is 0.187 e. The molecular weight excluding hydrogens is 346 g/mol. The normalized spacial score (nSPS) is 18.7. The number of carbonyl (C=O) groups excluding carboxylic acids is 1. The van der Waals surface area contributed by atoms with Crippen molar-refractivity contribution in [2.24, 2.45) is 0 Å². The molecule has 1 aliphatic rings. The molecule has 0 N–H and O–H groups in total. The van der Waals surface area contributed by atoms with Crippen LogP contribution in [-0.2, 0) is 4.79 Å². The summed E-state index contributed by atoms with van der Waals surface area (Å²) in [6, 6.07) is 7.40. The van der Waals surface area contributed by atoms with Crippen LogP contribution in [0, 0.1) is 23.3 Å². The lowest BCUT2D eigenvalue weighted by molar-refractivity contribution is -0.113. The van der Waals surface area contributed by atoms with Crippen molar-refractivity contribution in [3.63, 3.8) is 0 Å². The molecule has 0 spiro atoms. The van der Waals surface area contributed by atoms with Crippen molar-refractivity contribution in [2.45, 2.75) is 0 Å². The molecule has 6 heteroatoms. The van der Waals surface area contributed by atoms with Gasteiger partial charge in [-0.05, 0) is 31.3 Å². The zero-order valence-electron chi connectivity index (χ0n) is 13.9. The molecular formula is C20H15F4NO. The lowest BCUT2D eigenvalue weighted by atomic mass is 9.94. The summed E-state index contributed by atoms with van der Waals surface area (Å²) in [5, 5.41) is 0. The minimum Gasteiger partial charge on any atom is -0.298 e. The Labute approximate surface area is 148 Å². The van der Waals surface area contributed by atoms with Gasteiger partial charge < -0.3 is 0 Å². The summed E-state index contributed by atoms with van der Waals surface area (Å²) in [6.07, 6.45) is 2.57. The third-order valence-corrected chi connectivity index (χ3v) is 4.09. The monoisotopic (exact) mass is 361 g/mol. The third kappa shape index (κ3) is 3.60. The highest BCUT2D eigenvalue weighted by Gasteiger charge is 2.25. The summed E-state index contributed by atoms with van der Waals surface area (Å²) in [5.41, 5.74) is 0.400. The van der Waals surface area contributed by atoms with Gasteiger partial charge >= 0.3 is 0 Å². The Kier molecular flexibility index (Phi) is 5.04. The van der Waals surface area contributed by atoms with Gasteiger partial charge in [0.05, 0.1) is 0 Å². The van der Waals surface area contributed by atoms with Crippen LogP contribution in [0.15, 0.2) is 47.5 Å². The van der Waals surface area contributed by atoms with Gasteiger partial charge in [0.15, 0.2) is 29.1 Å². The molecule has 2 aromatic carbocycles. The van der Waals surface area contributed by atoms with Crippen LogP contribution < -0.4 is 0 Å². The van der Waals surface area contributed by atoms with Crippen LogP contribution in [0.4, 0.5) is 17.6 Å². The summed E-state index contributed by atoms with van der Waals surface area (Å²) in [5.74, 6) is -4.50. The highest BCUT2D eigenvalue weighted by Crippen LogP contribution is 2.24. The molecule has 0 aliphatic carbocycles. The first-order chi connectivity index (χ1) is 12.4. The van der Waals surface area contributed by atoms with Crippen LogP contribution in [0.2, 0.25) is 0 Å². The van der Waals surface area contributed by atoms with E-state index in [1.165, 1.54) is 36.4 Å². The Balaban J connectivity index is 2.01. The van der Waals surface area contributed by atoms with Crippen LogP contribution in [0.5, 0.6) is 0 Å². The van der Waals surface area contributed by atoms with Crippen LogP contribution in [0.3, 0.4) is 0 Å². The predicted octanol–water partition coefficient (Wildman–Crippen LogP) is 4.22. The summed E-state index contributed by atoms with van der Waals surface area (Å²) in [7, 11) is 1.73. The molecule has 0 bridgehead atoms. The number of Topliss-reactive ketones (excluding diaryl/α,β-unsaturated/α-hetero) is 1. The van der Waals surface area contributed by atoms with Gasteiger partial charge in [-0.15, -0.1) is 0 Å². The van der Waals surface area contributed by atoms with E-state index >= 15 is 0 Å². The number of halogens is 4. The second-order valence-corrected chi connectivity index (χ2v) is 6.13. The van der Waals surface area contributed by atoms with Crippen LogP contribution >= 0.6 is 0 Å². The van der Waals surface area contributed by atoms with Crippen molar-refractivity contribution < 1.29 is 22.4 Å². The van der Waals surface area contributed by atoms with E-state index in [4.69, 9.17) is 0 Å². The Morgan fingerprint density at radius 1 is 0.808 bits per heavy atom. The molecule has 1 aliphatic heterocycles. The second-order valence-electron chi connectivity index (χ2n) is 6.13. The third-order valence-electron chi connectivity index (χ3n) is 4.09. The quantitative estimate of drug-likeness (QED) is 0.590. The predicted molar refractivity (Wildman–Crippen MR) is 91.2 cm³/mol. The maximum absolute atomic E-state index is 13.9. The maximum atomic E-state index is 13.9. The fourth-order valence-corrected chi connectivity index (χ4v) is 2.85. The second kappa shape index (κ2) is 7.25. The van der Waals surface area contributed by atoms with Crippen LogP contribution in [0.1, 0.15) is 11.1 Å². The first-order valence-corrected chi connectivity index (χ1v) is 7.89. The van der Waals surface area contributed by atoms with Gasteiger partial charge in [0.25, 0.3) is 0 Å². The molecule has 2 nitrogen and oxygen atoms in total. The summed E-state index contributed by atoms with van der Waals surface area (Å²) < 4.78 is 54.5. The Morgan fingerprint density at radius 2 is 1.23 bits per heavy atom. The first-order valence-electron chi connectivity index (χ1n) is 7.89. The average molecular weight is 361 g/mol. The van der Waals surface area contributed by atoms with E-state index in [9.17, 15) is 22.4 Å². The summed E-state index contributed by atoms with van der Waals surface area (Å²) in [4.78, 5) is 14.4. The summed E-state index contributed by atoms with van der Waals surface area (Å²) in [6.45, 7) is 0.468. The lowest BCUT2D eigenvalue weighted by Gasteiger charge is -2.26. The Bertz CT molecular complexity index is 860.